The Labute approximate surface area is 200 Å². The zero-order valence-electron chi connectivity index (χ0n) is 19.8. The number of fused-ring (bicyclic) bond motifs is 1. The Bertz CT molecular complexity index is 1220. The van der Waals surface area contributed by atoms with Gasteiger partial charge in [0, 0.05) is 59.5 Å². The average molecular weight is 459 g/mol. The summed E-state index contributed by atoms with van der Waals surface area (Å²) in [6.07, 6.45) is 2.81. The number of nitrogens with one attached hydrogen (secondary N) is 1. The number of hydrogen-bond donors (Lipinski definition) is 2. The molecule has 0 bridgehead atoms. The van der Waals surface area contributed by atoms with E-state index >= 15 is 4.39 Å². The van der Waals surface area contributed by atoms with Gasteiger partial charge in [-0.15, -0.1) is 0 Å². The van der Waals surface area contributed by atoms with Gasteiger partial charge in [-0.1, -0.05) is 32.6 Å². The van der Waals surface area contributed by atoms with Gasteiger partial charge >= 0.3 is 0 Å². The number of nitrogens with zero attached hydrogens (tertiary/aromatic N) is 2. The first-order valence-electron chi connectivity index (χ1n) is 11.9. The fourth-order valence-corrected chi connectivity index (χ4v) is 4.78. The maximum absolute atomic E-state index is 15.1. The van der Waals surface area contributed by atoms with E-state index in [1.165, 1.54) is 5.69 Å². The van der Waals surface area contributed by atoms with Crippen molar-refractivity contribution in [2.24, 2.45) is 5.92 Å². The van der Waals surface area contributed by atoms with Gasteiger partial charge in [0.1, 0.15) is 11.6 Å². The number of ether oxygens (including phenoxy) is 1. The minimum atomic E-state index is -0.323. The number of nitrogens with two attached hydrogens (primary N) is 1. The molecule has 2 aromatic carbocycles. The molecule has 0 aliphatic carbocycles. The number of nitrogen functional groups attached to an aromatic ring is 1. The molecule has 3 heterocycles. The molecule has 1 aromatic heterocycles. The molecule has 34 heavy (non-hydrogen) atoms. The summed E-state index contributed by atoms with van der Waals surface area (Å²) in [6.45, 7) is 11.7. The predicted molar refractivity (Wildman–Crippen MR) is 137 cm³/mol. The molecule has 0 saturated carbocycles. The molecule has 2 aliphatic rings. The number of halogens is 1. The first-order valence-corrected chi connectivity index (χ1v) is 11.9. The molecular formula is C28H31FN4O. The van der Waals surface area contributed by atoms with Crippen LogP contribution in [0.15, 0.2) is 55.2 Å². The summed E-state index contributed by atoms with van der Waals surface area (Å²) in [7, 11) is 0. The molecule has 1 saturated heterocycles. The fourth-order valence-electron chi connectivity index (χ4n) is 4.78. The first kappa shape index (κ1) is 22.4. The number of hydrogen-bond acceptors (Lipinski definition) is 5. The zero-order valence-corrected chi connectivity index (χ0v) is 19.8. The van der Waals surface area contributed by atoms with Crippen molar-refractivity contribution in [1.82, 2.24) is 10.3 Å². The van der Waals surface area contributed by atoms with E-state index in [9.17, 15) is 0 Å². The van der Waals surface area contributed by atoms with E-state index in [0.29, 0.717) is 22.9 Å². The third-order valence-electron chi connectivity index (χ3n) is 6.86. The lowest BCUT2D eigenvalue weighted by molar-refractivity contribution is 0.0114. The zero-order chi connectivity index (χ0) is 23.8. The summed E-state index contributed by atoms with van der Waals surface area (Å²) in [5.74, 6) is 0.483. The Hall–Kier alpha value is -3.38. The summed E-state index contributed by atoms with van der Waals surface area (Å²) in [4.78, 5) is 6.77. The molecule has 1 unspecified atom stereocenters. The maximum atomic E-state index is 15.1. The number of benzene rings is 2. The third-order valence-corrected chi connectivity index (χ3v) is 6.86. The van der Waals surface area contributed by atoms with Crippen LogP contribution in [-0.2, 0) is 11.2 Å². The van der Waals surface area contributed by atoms with Crippen LogP contribution >= 0.6 is 0 Å². The Morgan fingerprint density at radius 1 is 1.12 bits per heavy atom. The lowest BCUT2D eigenvalue weighted by Crippen LogP contribution is -2.44. The van der Waals surface area contributed by atoms with E-state index in [0.717, 1.165) is 60.6 Å². The van der Waals surface area contributed by atoms with Crippen molar-refractivity contribution < 1.29 is 9.13 Å². The van der Waals surface area contributed by atoms with Crippen molar-refractivity contribution in [1.29, 1.82) is 0 Å². The average Bonchev–Trinajstić information content (AvgIpc) is 2.85. The van der Waals surface area contributed by atoms with Gasteiger partial charge < -0.3 is 20.7 Å². The standard InChI is InChI=1S/C28H31FN4O/c1-17(2)27-16-33(10-11-34-27)22-6-4-19(5-7-22)21-13-25(28(30)32-15-21)24-12-20-8-9-31-18(3)23(20)14-26(24)29/h4-7,12-15,17,27,31H,3,8-11,16H2,1-2H3,(H2,30,32). The third kappa shape index (κ3) is 4.26. The molecule has 3 N–H and O–H groups in total. The summed E-state index contributed by atoms with van der Waals surface area (Å²) in [5.41, 5.74) is 13.0. The number of pyridine rings is 1. The van der Waals surface area contributed by atoms with E-state index in [1.807, 2.05) is 12.1 Å². The fraction of sp³-hybridized carbons (Fsp3) is 0.321. The molecule has 0 spiro atoms. The van der Waals surface area contributed by atoms with E-state index in [4.69, 9.17) is 10.5 Å². The van der Waals surface area contributed by atoms with Gasteiger partial charge in [-0.05, 0) is 53.8 Å². The van der Waals surface area contributed by atoms with Crippen LogP contribution in [0.5, 0.6) is 0 Å². The van der Waals surface area contributed by atoms with E-state index < -0.39 is 0 Å². The molecule has 176 valence electrons. The van der Waals surface area contributed by atoms with Crippen molar-refractivity contribution in [3.8, 4) is 22.3 Å². The van der Waals surface area contributed by atoms with Gasteiger partial charge in [0.2, 0.25) is 0 Å². The molecule has 0 amide bonds. The van der Waals surface area contributed by atoms with Gasteiger partial charge in [-0.2, -0.15) is 0 Å². The Balaban J connectivity index is 1.44. The van der Waals surface area contributed by atoms with E-state index in [2.05, 4.69) is 59.9 Å². The molecule has 0 radical (unpaired) electrons. The lowest BCUT2D eigenvalue weighted by atomic mass is 9.92. The molecule has 1 atom stereocenters. The Morgan fingerprint density at radius 2 is 1.91 bits per heavy atom. The highest BCUT2D eigenvalue weighted by molar-refractivity contribution is 5.82. The highest BCUT2D eigenvalue weighted by Crippen LogP contribution is 2.35. The number of morpholine rings is 1. The van der Waals surface area contributed by atoms with Crippen LogP contribution in [0.2, 0.25) is 0 Å². The molecule has 5 rings (SSSR count). The molecule has 6 heteroatoms. The van der Waals surface area contributed by atoms with Gasteiger partial charge in [0.05, 0.1) is 12.7 Å². The highest BCUT2D eigenvalue weighted by Gasteiger charge is 2.23. The largest absolute Gasteiger partial charge is 0.385 e. The quantitative estimate of drug-likeness (QED) is 0.569. The molecule has 1 fully saturated rings. The summed E-state index contributed by atoms with van der Waals surface area (Å²) in [5, 5.41) is 3.19. The number of anilines is 2. The van der Waals surface area contributed by atoms with Crippen LogP contribution in [0, 0.1) is 11.7 Å². The van der Waals surface area contributed by atoms with Crippen molar-refractivity contribution in [2.45, 2.75) is 26.4 Å². The summed E-state index contributed by atoms with van der Waals surface area (Å²) < 4.78 is 21.0. The predicted octanol–water partition coefficient (Wildman–Crippen LogP) is 5.11. The van der Waals surface area contributed by atoms with Crippen molar-refractivity contribution in [2.75, 3.05) is 36.9 Å². The minimum absolute atomic E-state index is 0.247. The minimum Gasteiger partial charge on any atom is -0.385 e. The smallest absolute Gasteiger partial charge is 0.131 e. The maximum Gasteiger partial charge on any atom is 0.131 e. The van der Waals surface area contributed by atoms with Gasteiger partial charge in [0.25, 0.3) is 0 Å². The second-order valence-electron chi connectivity index (χ2n) is 9.45. The topological polar surface area (TPSA) is 63.4 Å². The molecule has 5 nitrogen and oxygen atoms in total. The van der Waals surface area contributed by atoms with Crippen LogP contribution in [0.4, 0.5) is 15.9 Å². The molecular weight excluding hydrogens is 427 g/mol. The monoisotopic (exact) mass is 458 g/mol. The second-order valence-corrected chi connectivity index (χ2v) is 9.45. The van der Waals surface area contributed by atoms with Crippen molar-refractivity contribution >= 4 is 17.2 Å². The molecule has 3 aromatic rings. The van der Waals surface area contributed by atoms with Gasteiger partial charge in [0.15, 0.2) is 0 Å². The van der Waals surface area contributed by atoms with Crippen molar-refractivity contribution in [3.63, 3.8) is 0 Å². The lowest BCUT2D eigenvalue weighted by Gasteiger charge is -2.36. The van der Waals surface area contributed by atoms with Crippen LogP contribution in [-0.4, -0.2) is 37.3 Å². The van der Waals surface area contributed by atoms with E-state index in [1.54, 1.807) is 12.3 Å². The number of rotatable bonds is 4. The summed E-state index contributed by atoms with van der Waals surface area (Å²) >= 11 is 0. The van der Waals surface area contributed by atoms with E-state index in [-0.39, 0.29) is 11.9 Å². The van der Waals surface area contributed by atoms with Crippen LogP contribution < -0.4 is 16.0 Å². The normalized spacial score (nSPS) is 18.1. The first-order chi connectivity index (χ1) is 16.4. The second kappa shape index (κ2) is 9.11. The van der Waals surface area contributed by atoms with Crippen LogP contribution in [0.1, 0.15) is 25.0 Å². The Morgan fingerprint density at radius 3 is 2.68 bits per heavy atom. The Kier molecular flexibility index (Phi) is 6.00. The molecule has 2 aliphatic heterocycles. The van der Waals surface area contributed by atoms with Gasteiger partial charge in [-0.3, -0.25) is 0 Å². The summed E-state index contributed by atoms with van der Waals surface area (Å²) in [6, 6.07) is 13.8. The van der Waals surface area contributed by atoms with Crippen LogP contribution in [0.25, 0.3) is 28.0 Å². The van der Waals surface area contributed by atoms with Crippen molar-refractivity contribution in [3.05, 3.63) is 72.2 Å². The number of aromatic nitrogens is 1. The van der Waals surface area contributed by atoms with Crippen LogP contribution in [0.3, 0.4) is 0 Å². The SMILES string of the molecule is C=C1NCCc2cc(-c3cc(-c4ccc(N5CCOC(C(C)C)C5)cc4)cnc3N)c(F)cc21. The van der Waals surface area contributed by atoms with Gasteiger partial charge in [-0.25, -0.2) is 9.37 Å². The highest BCUT2D eigenvalue weighted by atomic mass is 19.1.